The van der Waals surface area contributed by atoms with Gasteiger partial charge in [-0.15, -0.1) is 0 Å². The molecule has 2 N–H and O–H groups in total. The van der Waals surface area contributed by atoms with Gasteiger partial charge in [0.25, 0.3) is 0 Å². The summed E-state index contributed by atoms with van der Waals surface area (Å²) in [5.41, 5.74) is 4.98. The molecule has 88 valence electrons. The lowest BCUT2D eigenvalue weighted by Gasteiger charge is -2.24. The van der Waals surface area contributed by atoms with Crippen LogP contribution in [0.2, 0.25) is 0 Å². The van der Waals surface area contributed by atoms with Crippen molar-refractivity contribution >= 4 is 17.0 Å². The highest BCUT2D eigenvalue weighted by molar-refractivity contribution is 7.67. The highest BCUT2D eigenvalue weighted by Crippen LogP contribution is 2.23. The smallest absolute Gasteiger partial charge is 0.345 e. The average Bonchev–Trinajstić information content (AvgIpc) is 2.28. The first-order valence-electron chi connectivity index (χ1n) is 4.72. The summed E-state index contributed by atoms with van der Waals surface area (Å²) in [6.07, 6.45) is 0.249. The molecule has 1 aromatic carbocycles. The molecule has 1 unspecified atom stereocenters. The van der Waals surface area contributed by atoms with Crippen LogP contribution in [0.25, 0.3) is 0 Å². The van der Waals surface area contributed by atoms with Crippen molar-refractivity contribution in [3.8, 4) is 0 Å². The molecule has 0 saturated carbocycles. The van der Waals surface area contributed by atoms with Crippen LogP contribution in [0.1, 0.15) is 18.9 Å². The standard InChI is InChI=1S/C10H13NO4S/c1-2-10(11,9(12)15-16(13)14)8-6-4-3-5-7-8/h3-7,16H,2,11H2,1H3. The second-order valence-corrected chi connectivity index (χ2v) is 3.92. The fourth-order valence-electron chi connectivity index (χ4n) is 1.35. The molecule has 0 aromatic heterocycles. The molecule has 0 heterocycles. The molecule has 0 saturated heterocycles. The van der Waals surface area contributed by atoms with Crippen molar-refractivity contribution in [2.75, 3.05) is 0 Å². The maximum Gasteiger partial charge on any atom is 0.346 e. The van der Waals surface area contributed by atoms with Gasteiger partial charge < -0.3 is 9.92 Å². The van der Waals surface area contributed by atoms with Gasteiger partial charge in [-0.25, -0.2) is 4.79 Å². The molecule has 0 bridgehead atoms. The average molecular weight is 243 g/mol. The summed E-state index contributed by atoms with van der Waals surface area (Å²) < 4.78 is 24.8. The van der Waals surface area contributed by atoms with E-state index in [4.69, 9.17) is 5.73 Å². The third kappa shape index (κ3) is 2.59. The van der Waals surface area contributed by atoms with Crippen LogP contribution in [-0.2, 0) is 25.5 Å². The number of hydrogen-bond donors (Lipinski definition) is 2. The highest BCUT2D eigenvalue weighted by atomic mass is 32.2. The Balaban J connectivity index is 3.07. The molecule has 0 radical (unpaired) electrons. The van der Waals surface area contributed by atoms with Crippen molar-refractivity contribution < 1.29 is 17.4 Å². The third-order valence-corrected chi connectivity index (χ3v) is 2.68. The molecular formula is C10H13NO4S. The van der Waals surface area contributed by atoms with Crippen LogP contribution in [0.4, 0.5) is 0 Å². The van der Waals surface area contributed by atoms with Crippen LogP contribution in [0.5, 0.6) is 0 Å². The fourth-order valence-corrected chi connectivity index (χ4v) is 1.65. The largest absolute Gasteiger partial charge is 0.346 e. The molecule has 0 fully saturated rings. The highest BCUT2D eigenvalue weighted by Gasteiger charge is 2.36. The topological polar surface area (TPSA) is 86.5 Å². The van der Waals surface area contributed by atoms with E-state index in [1.165, 1.54) is 0 Å². The first-order valence-corrected chi connectivity index (χ1v) is 5.81. The Morgan fingerprint density at radius 2 is 1.94 bits per heavy atom. The first-order chi connectivity index (χ1) is 7.50. The summed E-state index contributed by atoms with van der Waals surface area (Å²) in [5.74, 6) is -0.961. The molecule has 0 aliphatic rings. The Labute approximate surface area is 95.4 Å². The molecule has 0 amide bonds. The van der Waals surface area contributed by atoms with Gasteiger partial charge >= 0.3 is 17.0 Å². The summed E-state index contributed by atoms with van der Waals surface area (Å²) >= 11 is 0. The summed E-state index contributed by atoms with van der Waals surface area (Å²) in [6.45, 7) is 1.69. The quantitative estimate of drug-likeness (QED) is 0.744. The van der Waals surface area contributed by atoms with Crippen molar-refractivity contribution in [2.45, 2.75) is 18.9 Å². The monoisotopic (exact) mass is 243 g/mol. The second-order valence-electron chi connectivity index (χ2n) is 3.29. The van der Waals surface area contributed by atoms with Crippen LogP contribution >= 0.6 is 0 Å². The molecule has 16 heavy (non-hydrogen) atoms. The van der Waals surface area contributed by atoms with Gasteiger partial charge in [0, 0.05) is 0 Å². The maximum atomic E-state index is 11.6. The lowest BCUT2D eigenvalue weighted by Crippen LogP contribution is -2.45. The molecular weight excluding hydrogens is 230 g/mol. The first kappa shape index (κ1) is 12.7. The third-order valence-electron chi connectivity index (χ3n) is 2.37. The van der Waals surface area contributed by atoms with Gasteiger partial charge in [0.2, 0.25) is 0 Å². The van der Waals surface area contributed by atoms with E-state index in [2.05, 4.69) is 4.18 Å². The predicted molar refractivity (Wildman–Crippen MR) is 59.0 cm³/mol. The second kappa shape index (κ2) is 5.09. The normalized spacial score (nSPS) is 14.4. The van der Waals surface area contributed by atoms with Crippen molar-refractivity contribution in [1.29, 1.82) is 0 Å². The van der Waals surface area contributed by atoms with Gasteiger partial charge in [-0.3, -0.25) is 0 Å². The van der Waals surface area contributed by atoms with Crippen LogP contribution in [0.15, 0.2) is 30.3 Å². The number of thiol groups is 1. The van der Waals surface area contributed by atoms with Gasteiger partial charge in [0.1, 0.15) is 5.54 Å². The fraction of sp³-hybridized carbons (Fsp3) is 0.300. The van der Waals surface area contributed by atoms with E-state index in [-0.39, 0.29) is 6.42 Å². The van der Waals surface area contributed by atoms with Gasteiger partial charge in [0.15, 0.2) is 0 Å². The lowest BCUT2D eigenvalue weighted by atomic mass is 9.89. The van der Waals surface area contributed by atoms with Crippen LogP contribution < -0.4 is 5.73 Å². The van der Waals surface area contributed by atoms with Gasteiger partial charge in [-0.05, 0) is 12.0 Å². The number of rotatable bonds is 4. The van der Waals surface area contributed by atoms with E-state index in [1.807, 2.05) is 0 Å². The molecule has 0 aliphatic carbocycles. The van der Waals surface area contributed by atoms with E-state index >= 15 is 0 Å². The van der Waals surface area contributed by atoms with Gasteiger partial charge in [0.05, 0.1) is 0 Å². The predicted octanol–water partition coefficient (Wildman–Crippen LogP) is 0.320. The molecule has 6 heteroatoms. The zero-order chi connectivity index (χ0) is 12.2. The molecule has 1 rings (SSSR count). The molecule has 0 spiro atoms. The minimum Gasteiger partial charge on any atom is -0.345 e. The Morgan fingerprint density at radius 3 is 2.38 bits per heavy atom. The number of hydrogen-bond acceptors (Lipinski definition) is 5. The lowest BCUT2D eigenvalue weighted by molar-refractivity contribution is -0.140. The molecule has 1 aromatic rings. The van der Waals surface area contributed by atoms with Crippen molar-refractivity contribution in [1.82, 2.24) is 0 Å². The summed E-state index contributed by atoms with van der Waals surface area (Å²) in [4.78, 5) is 11.6. The Bertz CT molecular complexity index is 435. The molecule has 5 nitrogen and oxygen atoms in total. The molecule has 1 atom stereocenters. The number of nitrogens with two attached hydrogens (primary N) is 1. The SMILES string of the molecule is CCC(N)(C(=O)O[SH](=O)=O)c1ccccc1. The van der Waals surface area contributed by atoms with E-state index in [0.29, 0.717) is 5.56 Å². The van der Waals surface area contributed by atoms with Crippen LogP contribution in [0.3, 0.4) is 0 Å². The van der Waals surface area contributed by atoms with Crippen molar-refractivity contribution in [2.24, 2.45) is 5.73 Å². The number of benzene rings is 1. The van der Waals surface area contributed by atoms with Gasteiger partial charge in [-0.2, -0.15) is 8.42 Å². The van der Waals surface area contributed by atoms with Crippen LogP contribution in [-0.4, -0.2) is 14.4 Å². The zero-order valence-electron chi connectivity index (χ0n) is 8.75. The summed E-state index contributed by atoms with van der Waals surface area (Å²) in [6, 6.07) is 8.53. The summed E-state index contributed by atoms with van der Waals surface area (Å²) in [7, 11) is -3.23. The van der Waals surface area contributed by atoms with Crippen molar-refractivity contribution in [3.05, 3.63) is 35.9 Å². The van der Waals surface area contributed by atoms with E-state index in [1.54, 1.807) is 37.3 Å². The minimum atomic E-state index is -3.23. The zero-order valence-corrected chi connectivity index (χ0v) is 9.65. The van der Waals surface area contributed by atoms with Crippen LogP contribution in [0, 0.1) is 0 Å². The Hall–Kier alpha value is -1.40. The Kier molecular flexibility index (Phi) is 4.03. The Morgan fingerprint density at radius 1 is 1.38 bits per heavy atom. The van der Waals surface area contributed by atoms with E-state index in [0.717, 1.165) is 0 Å². The van der Waals surface area contributed by atoms with E-state index < -0.39 is 22.5 Å². The van der Waals surface area contributed by atoms with Gasteiger partial charge in [-0.1, -0.05) is 37.3 Å². The summed E-state index contributed by atoms with van der Waals surface area (Å²) in [5, 5.41) is 0. The maximum absolute atomic E-state index is 11.6. The van der Waals surface area contributed by atoms with E-state index in [9.17, 15) is 13.2 Å². The minimum absolute atomic E-state index is 0.249. The van der Waals surface area contributed by atoms with Crippen molar-refractivity contribution in [3.63, 3.8) is 0 Å². The molecule has 0 aliphatic heterocycles. The number of carbonyl (C=O) groups excluding carboxylic acids is 1. The number of carbonyl (C=O) groups is 1.